The van der Waals surface area contributed by atoms with Crippen LogP contribution in [0.3, 0.4) is 0 Å². The zero-order valence-corrected chi connectivity index (χ0v) is 9.96. The fraction of sp³-hybridized carbons (Fsp3) is 0.0714. The van der Waals surface area contributed by atoms with E-state index < -0.39 is 0 Å². The lowest BCUT2D eigenvalue weighted by Crippen LogP contribution is -2.12. The average Bonchev–Trinajstić information content (AvgIpc) is 2.44. The van der Waals surface area contributed by atoms with Crippen molar-refractivity contribution in [2.24, 2.45) is 0 Å². The quantitative estimate of drug-likeness (QED) is 0.758. The Hall–Kier alpha value is -1.80. The molecule has 0 aromatic heterocycles. The summed E-state index contributed by atoms with van der Waals surface area (Å²) in [4.78, 5) is 11.7. The Morgan fingerprint density at radius 2 is 1.53 bits per heavy atom. The molecule has 0 saturated carbocycles. The Morgan fingerprint density at radius 1 is 0.882 bits per heavy atom. The predicted molar refractivity (Wildman–Crippen MR) is 71.5 cm³/mol. The van der Waals surface area contributed by atoms with E-state index >= 15 is 0 Å². The molecule has 1 aliphatic heterocycles. The van der Waals surface area contributed by atoms with Crippen LogP contribution < -0.4 is 5.32 Å². The highest BCUT2D eigenvalue weighted by atomic mass is 35.5. The number of benzene rings is 2. The number of hydrogen-bond donors (Lipinski definition) is 1. The molecule has 17 heavy (non-hydrogen) atoms. The third kappa shape index (κ3) is 2.04. The first-order valence-corrected chi connectivity index (χ1v) is 5.32. The van der Waals surface area contributed by atoms with Crippen molar-refractivity contribution in [2.45, 2.75) is 6.42 Å². The fourth-order valence-electron chi connectivity index (χ4n) is 2.13. The van der Waals surface area contributed by atoms with E-state index in [0.29, 0.717) is 6.42 Å². The van der Waals surface area contributed by atoms with Gasteiger partial charge in [-0.05, 0) is 17.2 Å². The van der Waals surface area contributed by atoms with Crippen molar-refractivity contribution in [3.05, 3.63) is 54.1 Å². The van der Waals surface area contributed by atoms with E-state index in [9.17, 15) is 4.79 Å². The maximum absolute atomic E-state index is 11.7. The van der Waals surface area contributed by atoms with Crippen LogP contribution in [0.4, 0.5) is 5.69 Å². The first kappa shape index (κ1) is 11.7. The average molecular weight is 246 g/mol. The van der Waals surface area contributed by atoms with Gasteiger partial charge in [0.05, 0.1) is 6.42 Å². The topological polar surface area (TPSA) is 29.1 Å². The summed E-state index contributed by atoms with van der Waals surface area (Å²) in [6.07, 6.45) is 0.449. The van der Waals surface area contributed by atoms with Crippen molar-refractivity contribution in [1.82, 2.24) is 0 Å². The summed E-state index contributed by atoms with van der Waals surface area (Å²) in [5, 5.41) is 2.93. The Kier molecular flexibility index (Phi) is 3.16. The third-order valence-corrected chi connectivity index (χ3v) is 2.86. The predicted octanol–water partition coefficient (Wildman–Crippen LogP) is 3.27. The summed E-state index contributed by atoms with van der Waals surface area (Å²) in [7, 11) is 0. The van der Waals surface area contributed by atoms with E-state index in [1.54, 1.807) is 0 Å². The van der Waals surface area contributed by atoms with Crippen LogP contribution in [-0.4, -0.2) is 5.91 Å². The Morgan fingerprint density at radius 3 is 2.35 bits per heavy atom. The second kappa shape index (κ2) is 4.60. The van der Waals surface area contributed by atoms with Crippen molar-refractivity contribution in [3.63, 3.8) is 0 Å². The molecule has 3 rings (SSSR count). The van der Waals surface area contributed by atoms with Gasteiger partial charge in [-0.15, -0.1) is 12.4 Å². The Labute approximate surface area is 106 Å². The van der Waals surface area contributed by atoms with Gasteiger partial charge in [0.25, 0.3) is 0 Å². The molecule has 0 fully saturated rings. The summed E-state index contributed by atoms with van der Waals surface area (Å²) in [6.45, 7) is 0. The molecule has 1 N–H and O–H groups in total. The molecule has 2 aromatic rings. The molecule has 1 aliphatic rings. The number of fused-ring (bicyclic) bond motifs is 3. The molecule has 0 spiro atoms. The SMILES string of the molecule is Cl.O=C1Cc2ccccc2-c2ccccc2N1. The van der Waals surface area contributed by atoms with Gasteiger partial charge in [0.15, 0.2) is 0 Å². The van der Waals surface area contributed by atoms with Gasteiger partial charge in [-0.3, -0.25) is 4.79 Å². The molecular formula is C14H12ClNO. The molecule has 2 aromatic carbocycles. The van der Waals surface area contributed by atoms with E-state index in [2.05, 4.69) is 11.4 Å². The standard InChI is InChI=1S/C14H11NO.ClH/c16-14-9-10-5-1-2-6-11(10)12-7-3-4-8-13(12)15-14;/h1-8H,9H2,(H,15,16);1H. The molecule has 86 valence electrons. The van der Waals surface area contributed by atoms with Crippen LogP contribution in [0.2, 0.25) is 0 Å². The van der Waals surface area contributed by atoms with Crippen molar-refractivity contribution in [1.29, 1.82) is 0 Å². The maximum atomic E-state index is 11.7. The molecule has 0 radical (unpaired) electrons. The van der Waals surface area contributed by atoms with Gasteiger partial charge in [-0.25, -0.2) is 0 Å². The minimum Gasteiger partial charge on any atom is -0.325 e. The van der Waals surface area contributed by atoms with Crippen molar-refractivity contribution in [3.8, 4) is 11.1 Å². The highest BCUT2D eigenvalue weighted by molar-refractivity contribution is 6.00. The van der Waals surface area contributed by atoms with E-state index in [4.69, 9.17) is 0 Å². The monoisotopic (exact) mass is 245 g/mol. The molecule has 2 nitrogen and oxygen atoms in total. The normalized spacial score (nSPS) is 12.6. The van der Waals surface area contributed by atoms with E-state index in [-0.39, 0.29) is 18.3 Å². The van der Waals surface area contributed by atoms with Crippen LogP contribution in [0.15, 0.2) is 48.5 Å². The second-order valence-corrected chi connectivity index (χ2v) is 3.93. The Balaban J connectivity index is 0.00000108. The van der Waals surface area contributed by atoms with Gasteiger partial charge >= 0.3 is 0 Å². The van der Waals surface area contributed by atoms with Gasteiger partial charge in [0.1, 0.15) is 0 Å². The van der Waals surface area contributed by atoms with E-state index in [0.717, 1.165) is 22.4 Å². The number of para-hydroxylation sites is 1. The van der Waals surface area contributed by atoms with Crippen LogP contribution in [0, 0.1) is 0 Å². The van der Waals surface area contributed by atoms with Crippen molar-refractivity contribution >= 4 is 24.0 Å². The maximum Gasteiger partial charge on any atom is 0.228 e. The lowest BCUT2D eigenvalue weighted by molar-refractivity contribution is -0.115. The summed E-state index contributed by atoms with van der Waals surface area (Å²) in [5.74, 6) is 0.0531. The fourth-order valence-corrected chi connectivity index (χ4v) is 2.13. The number of carbonyl (C=O) groups excluding carboxylic acids is 1. The smallest absolute Gasteiger partial charge is 0.228 e. The highest BCUT2D eigenvalue weighted by Crippen LogP contribution is 2.33. The molecule has 0 unspecified atom stereocenters. The molecule has 0 bridgehead atoms. The zero-order valence-electron chi connectivity index (χ0n) is 9.14. The first-order valence-electron chi connectivity index (χ1n) is 5.32. The largest absolute Gasteiger partial charge is 0.325 e. The molecule has 3 heteroatoms. The van der Waals surface area contributed by atoms with Crippen LogP contribution in [0.5, 0.6) is 0 Å². The second-order valence-electron chi connectivity index (χ2n) is 3.93. The summed E-state index contributed by atoms with van der Waals surface area (Å²) >= 11 is 0. The lowest BCUT2D eigenvalue weighted by atomic mass is 9.98. The number of halogens is 1. The number of rotatable bonds is 0. The summed E-state index contributed by atoms with van der Waals surface area (Å²) in [5.41, 5.74) is 4.24. The van der Waals surface area contributed by atoms with E-state index in [1.165, 1.54) is 0 Å². The number of nitrogens with one attached hydrogen (secondary N) is 1. The van der Waals surface area contributed by atoms with Crippen molar-refractivity contribution in [2.75, 3.05) is 5.32 Å². The van der Waals surface area contributed by atoms with Gasteiger partial charge < -0.3 is 5.32 Å². The molecule has 0 aliphatic carbocycles. The Bertz CT molecular complexity index is 516. The van der Waals surface area contributed by atoms with E-state index in [1.807, 2.05) is 42.5 Å². The number of amides is 1. The number of hydrogen-bond acceptors (Lipinski definition) is 1. The molecule has 1 heterocycles. The van der Waals surface area contributed by atoms with Gasteiger partial charge in [0, 0.05) is 11.3 Å². The lowest BCUT2D eigenvalue weighted by Gasteiger charge is -2.07. The molecule has 1 amide bonds. The van der Waals surface area contributed by atoms with Gasteiger partial charge in [-0.2, -0.15) is 0 Å². The van der Waals surface area contributed by atoms with Gasteiger partial charge in [-0.1, -0.05) is 42.5 Å². The van der Waals surface area contributed by atoms with Crippen molar-refractivity contribution < 1.29 is 4.79 Å². The molecular weight excluding hydrogens is 234 g/mol. The van der Waals surface area contributed by atoms with Crippen LogP contribution in [-0.2, 0) is 11.2 Å². The minimum atomic E-state index is 0. The number of carbonyl (C=O) groups is 1. The molecule has 0 atom stereocenters. The molecule has 0 saturated heterocycles. The third-order valence-electron chi connectivity index (χ3n) is 2.86. The summed E-state index contributed by atoms with van der Waals surface area (Å²) in [6, 6.07) is 16.0. The summed E-state index contributed by atoms with van der Waals surface area (Å²) < 4.78 is 0. The number of anilines is 1. The van der Waals surface area contributed by atoms with Gasteiger partial charge in [0.2, 0.25) is 5.91 Å². The first-order chi connectivity index (χ1) is 7.84. The zero-order chi connectivity index (χ0) is 11.0. The minimum absolute atomic E-state index is 0. The van der Waals surface area contributed by atoms with Crippen LogP contribution in [0.1, 0.15) is 5.56 Å². The highest BCUT2D eigenvalue weighted by Gasteiger charge is 2.16. The van der Waals surface area contributed by atoms with Crippen LogP contribution >= 0.6 is 12.4 Å². The van der Waals surface area contributed by atoms with Crippen LogP contribution in [0.25, 0.3) is 11.1 Å².